The van der Waals surface area contributed by atoms with Crippen molar-refractivity contribution in [1.82, 2.24) is 5.32 Å². The number of hydrogen-bond donors (Lipinski definition) is 1. The van der Waals surface area contributed by atoms with Gasteiger partial charge in [-0.25, -0.2) is 4.39 Å². The molecule has 102 valence electrons. The maximum atomic E-state index is 13.5. The van der Waals surface area contributed by atoms with Gasteiger partial charge in [0.1, 0.15) is 17.4 Å². The van der Waals surface area contributed by atoms with Crippen molar-refractivity contribution in [3.05, 3.63) is 29.6 Å². The number of halogens is 1. The lowest BCUT2D eigenvalue weighted by Crippen LogP contribution is -2.45. The van der Waals surface area contributed by atoms with Gasteiger partial charge in [0.15, 0.2) is 0 Å². The number of carbonyl (C=O) groups excluding carboxylic acids is 1. The van der Waals surface area contributed by atoms with Crippen molar-refractivity contribution in [3.8, 4) is 6.07 Å². The highest BCUT2D eigenvalue weighted by molar-refractivity contribution is 5.82. The lowest BCUT2D eigenvalue weighted by atomic mass is 10.1. The van der Waals surface area contributed by atoms with Gasteiger partial charge in [0, 0.05) is 12.6 Å². The predicted molar refractivity (Wildman–Crippen MR) is 72.3 cm³/mol. The minimum Gasteiger partial charge on any atom is -0.364 e. The Labute approximate surface area is 112 Å². The first-order valence-corrected chi connectivity index (χ1v) is 5.95. The molecule has 0 bridgehead atoms. The van der Waals surface area contributed by atoms with Gasteiger partial charge < -0.3 is 10.2 Å². The molecule has 1 rings (SSSR count). The fraction of sp³-hybridized carbons (Fsp3) is 0.429. The first-order chi connectivity index (χ1) is 8.74. The molecule has 5 heteroatoms. The van der Waals surface area contributed by atoms with E-state index in [1.165, 1.54) is 12.1 Å². The van der Waals surface area contributed by atoms with Gasteiger partial charge in [-0.05, 0) is 32.9 Å². The number of hydrogen-bond acceptors (Lipinski definition) is 3. The van der Waals surface area contributed by atoms with Gasteiger partial charge in [-0.15, -0.1) is 0 Å². The lowest BCUT2D eigenvalue weighted by Gasteiger charge is -2.24. The van der Waals surface area contributed by atoms with Gasteiger partial charge in [0.05, 0.1) is 12.2 Å². The molecular weight excluding hydrogens is 245 g/mol. The minimum absolute atomic E-state index is 0.0476. The summed E-state index contributed by atoms with van der Waals surface area (Å²) in [5.74, 6) is -0.758. The van der Waals surface area contributed by atoms with Crippen molar-refractivity contribution in [2.75, 3.05) is 18.5 Å². The zero-order chi connectivity index (χ0) is 14.6. The molecule has 0 aromatic heterocycles. The number of nitrogens with one attached hydrogen (secondary N) is 1. The van der Waals surface area contributed by atoms with E-state index in [1.54, 1.807) is 18.0 Å². The first kappa shape index (κ1) is 15.0. The van der Waals surface area contributed by atoms with Crippen LogP contribution >= 0.6 is 0 Å². The van der Waals surface area contributed by atoms with Crippen LogP contribution in [0.2, 0.25) is 0 Å². The van der Waals surface area contributed by atoms with Crippen molar-refractivity contribution in [2.45, 2.75) is 26.3 Å². The molecule has 0 unspecified atom stereocenters. The average Bonchev–Trinajstić information content (AvgIpc) is 2.25. The Morgan fingerprint density at radius 3 is 2.63 bits per heavy atom. The van der Waals surface area contributed by atoms with Crippen molar-refractivity contribution < 1.29 is 9.18 Å². The van der Waals surface area contributed by atoms with Crippen molar-refractivity contribution in [3.63, 3.8) is 0 Å². The summed E-state index contributed by atoms with van der Waals surface area (Å²) in [5.41, 5.74) is 0.0397. The van der Waals surface area contributed by atoms with E-state index in [2.05, 4.69) is 5.32 Å². The van der Waals surface area contributed by atoms with Gasteiger partial charge in [-0.1, -0.05) is 6.07 Å². The summed E-state index contributed by atoms with van der Waals surface area (Å²) in [7, 11) is 1.65. The van der Waals surface area contributed by atoms with E-state index in [-0.39, 0.29) is 23.6 Å². The van der Waals surface area contributed by atoms with Gasteiger partial charge in [0.2, 0.25) is 5.91 Å². The van der Waals surface area contributed by atoms with E-state index in [4.69, 9.17) is 5.26 Å². The molecule has 0 aliphatic rings. The van der Waals surface area contributed by atoms with Gasteiger partial charge in [-0.3, -0.25) is 4.79 Å². The van der Waals surface area contributed by atoms with Crippen molar-refractivity contribution in [1.29, 1.82) is 5.26 Å². The van der Waals surface area contributed by atoms with Crippen LogP contribution in [0.5, 0.6) is 0 Å². The summed E-state index contributed by atoms with van der Waals surface area (Å²) in [4.78, 5) is 13.4. The molecule has 0 aliphatic heterocycles. The SMILES string of the molecule is CN(CC(=O)NC(C)(C)C)c1cccc(F)c1C#N. The Hall–Kier alpha value is -2.09. The lowest BCUT2D eigenvalue weighted by molar-refractivity contribution is -0.121. The van der Waals surface area contributed by atoms with Gasteiger partial charge in [-0.2, -0.15) is 5.26 Å². The Bertz CT molecular complexity index is 514. The minimum atomic E-state index is -0.580. The fourth-order valence-electron chi connectivity index (χ4n) is 1.70. The summed E-state index contributed by atoms with van der Waals surface area (Å²) >= 11 is 0. The second-order valence-corrected chi connectivity index (χ2v) is 5.40. The molecule has 1 aromatic rings. The molecule has 0 atom stereocenters. The van der Waals surface area contributed by atoms with Crippen LogP contribution in [0.15, 0.2) is 18.2 Å². The number of anilines is 1. The zero-order valence-corrected chi connectivity index (χ0v) is 11.6. The molecule has 0 fully saturated rings. The Morgan fingerprint density at radius 1 is 1.47 bits per heavy atom. The summed E-state index contributed by atoms with van der Waals surface area (Å²) in [6.07, 6.45) is 0. The Morgan fingerprint density at radius 2 is 2.11 bits per heavy atom. The molecule has 0 saturated heterocycles. The van der Waals surface area contributed by atoms with Gasteiger partial charge >= 0.3 is 0 Å². The Kier molecular flexibility index (Phi) is 4.49. The van der Waals surface area contributed by atoms with E-state index < -0.39 is 5.82 Å². The van der Waals surface area contributed by atoms with Crippen LogP contribution in [-0.4, -0.2) is 25.0 Å². The monoisotopic (exact) mass is 263 g/mol. The molecule has 1 N–H and O–H groups in total. The molecular formula is C14H18FN3O. The van der Waals surface area contributed by atoms with E-state index in [1.807, 2.05) is 26.8 Å². The first-order valence-electron chi connectivity index (χ1n) is 5.95. The molecule has 0 heterocycles. The Balaban J connectivity index is 2.85. The second-order valence-electron chi connectivity index (χ2n) is 5.40. The average molecular weight is 263 g/mol. The highest BCUT2D eigenvalue weighted by Crippen LogP contribution is 2.21. The molecule has 0 radical (unpaired) electrons. The van der Waals surface area contributed by atoms with E-state index in [0.29, 0.717) is 5.69 Å². The van der Waals surface area contributed by atoms with Crippen molar-refractivity contribution in [2.24, 2.45) is 0 Å². The smallest absolute Gasteiger partial charge is 0.239 e. The normalized spacial score (nSPS) is 10.7. The van der Waals surface area contributed by atoms with Crippen LogP contribution in [0.1, 0.15) is 26.3 Å². The van der Waals surface area contributed by atoms with E-state index in [9.17, 15) is 9.18 Å². The molecule has 1 aromatic carbocycles. The summed E-state index contributed by atoms with van der Waals surface area (Å²) in [6, 6.07) is 6.18. The third-order valence-corrected chi connectivity index (χ3v) is 2.41. The van der Waals surface area contributed by atoms with Crippen LogP contribution in [-0.2, 0) is 4.79 Å². The van der Waals surface area contributed by atoms with E-state index >= 15 is 0 Å². The van der Waals surface area contributed by atoms with Crippen LogP contribution in [0.3, 0.4) is 0 Å². The molecule has 1 amide bonds. The van der Waals surface area contributed by atoms with Crippen molar-refractivity contribution >= 4 is 11.6 Å². The second kappa shape index (κ2) is 5.70. The predicted octanol–water partition coefficient (Wildman–Crippen LogP) is 2.05. The third-order valence-electron chi connectivity index (χ3n) is 2.41. The fourth-order valence-corrected chi connectivity index (χ4v) is 1.70. The highest BCUT2D eigenvalue weighted by atomic mass is 19.1. The molecule has 19 heavy (non-hydrogen) atoms. The number of benzene rings is 1. The maximum Gasteiger partial charge on any atom is 0.239 e. The van der Waals surface area contributed by atoms with Crippen LogP contribution in [0, 0.1) is 17.1 Å². The van der Waals surface area contributed by atoms with Crippen LogP contribution < -0.4 is 10.2 Å². The highest BCUT2D eigenvalue weighted by Gasteiger charge is 2.17. The van der Waals surface area contributed by atoms with Crippen LogP contribution in [0.4, 0.5) is 10.1 Å². The summed E-state index contributed by atoms with van der Waals surface area (Å²) < 4.78 is 13.5. The number of rotatable bonds is 3. The topological polar surface area (TPSA) is 56.1 Å². The number of nitriles is 1. The maximum absolute atomic E-state index is 13.5. The number of nitrogens with zero attached hydrogens (tertiary/aromatic N) is 2. The molecule has 4 nitrogen and oxygen atoms in total. The van der Waals surface area contributed by atoms with Gasteiger partial charge in [0.25, 0.3) is 0 Å². The number of likely N-dealkylation sites (N-methyl/N-ethyl adjacent to an activating group) is 1. The number of amides is 1. The molecule has 0 aliphatic carbocycles. The zero-order valence-electron chi connectivity index (χ0n) is 11.6. The summed E-state index contributed by atoms with van der Waals surface area (Å²) in [6.45, 7) is 5.71. The third kappa shape index (κ3) is 4.25. The molecule has 0 spiro atoms. The van der Waals surface area contributed by atoms with E-state index in [0.717, 1.165) is 0 Å². The standard InChI is InChI=1S/C14H18FN3O/c1-14(2,3)17-13(19)9-18(4)12-7-5-6-11(15)10(12)8-16/h5-7H,9H2,1-4H3,(H,17,19). The summed E-state index contributed by atoms with van der Waals surface area (Å²) in [5, 5.41) is 11.8. The van der Waals surface area contributed by atoms with Crippen LogP contribution in [0.25, 0.3) is 0 Å². The number of carbonyl (C=O) groups is 1. The molecule has 0 saturated carbocycles. The largest absolute Gasteiger partial charge is 0.364 e. The quantitative estimate of drug-likeness (QED) is 0.908.